The highest BCUT2D eigenvalue weighted by molar-refractivity contribution is 6.41. The molecule has 5 aromatic carbocycles. The third-order valence-corrected chi connectivity index (χ3v) is 7.47. The highest BCUT2D eigenvalue weighted by Gasteiger charge is 2.24. The molecular formula is C38H32N4O7. The third kappa shape index (κ3) is 9.46. The fourth-order valence-corrected chi connectivity index (χ4v) is 4.90. The fourth-order valence-electron chi connectivity index (χ4n) is 4.90. The molecule has 0 radical (unpaired) electrons. The number of carbonyl (C=O) groups is 4. The van der Waals surface area contributed by atoms with Crippen LogP contribution in [0, 0.1) is 10.1 Å². The van der Waals surface area contributed by atoms with E-state index < -0.39 is 34.8 Å². The summed E-state index contributed by atoms with van der Waals surface area (Å²) in [7, 11) is 0. The van der Waals surface area contributed by atoms with Gasteiger partial charge in [0.1, 0.15) is 12.4 Å². The minimum Gasteiger partial charge on any atom is -0.489 e. The number of ketones is 1. The number of nitrogens with one attached hydrogen (secondary N) is 3. The summed E-state index contributed by atoms with van der Waals surface area (Å²) in [6, 6.07) is 35.8. The SMILES string of the molecule is O=C(Cc1cc(OCc2ccccc2)ccc1[N+](=O)[O-])C(=O)Nc1cc(C(=O)NCc2ccccc2)ccc1C(=O)NCc1ccccc1. The van der Waals surface area contributed by atoms with E-state index in [1.807, 2.05) is 91.0 Å². The van der Waals surface area contributed by atoms with Crippen LogP contribution in [0.4, 0.5) is 11.4 Å². The van der Waals surface area contributed by atoms with E-state index in [9.17, 15) is 29.3 Å². The van der Waals surface area contributed by atoms with Crippen LogP contribution < -0.4 is 20.7 Å². The maximum absolute atomic E-state index is 13.3. The first-order valence-electron chi connectivity index (χ1n) is 15.3. The van der Waals surface area contributed by atoms with E-state index >= 15 is 0 Å². The van der Waals surface area contributed by atoms with E-state index in [1.54, 1.807) is 0 Å². The predicted octanol–water partition coefficient (Wildman–Crippen LogP) is 5.78. The number of hydrogen-bond acceptors (Lipinski definition) is 7. The first-order chi connectivity index (χ1) is 23.8. The second-order valence-electron chi connectivity index (χ2n) is 11.0. The molecule has 0 unspecified atom stereocenters. The number of rotatable bonds is 14. The van der Waals surface area contributed by atoms with Crippen molar-refractivity contribution in [3.05, 3.63) is 171 Å². The second-order valence-corrected chi connectivity index (χ2v) is 11.0. The van der Waals surface area contributed by atoms with Gasteiger partial charge in [-0.1, -0.05) is 91.0 Å². The van der Waals surface area contributed by atoms with Gasteiger partial charge in [0.15, 0.2) is 0 Å². The van der Waals surface area contributed by atoms with E-state index in [0.29, 0.717) is 0 Å². The highest BCUT2D eigenvalue weighted by atomic mass is 16.6. The first kappa shape index (κ1) is 33.7. The molecule has 0 saturated carbocycles. The number of benzene rings is 5. The zero-order valence-corrected chi connectivity index (χ0v) is 26.3. The lowest BCUT2D eigenvalue weighted by molar-refractivity contribution is -0.385. The summed E-state index contributed by atoms with van der Waals surface area (Å²) in [5.74, 6) is -2.86. The number of ether oxygens (including phenoxy) is 1. The molecule has 246 valence electrons. The van der Waals surface area contributed by atoms with E-state index in [4.69, 9.17) is 4.74 Å². The van der Waals surface area contributed by atoms with Crippen molar-refractivity contribution in [3.8, 4) is 5.75 Å². The number of Topliss-reactive ketones (excluding diaryl/α,β-unsaturated/α-hetero) is 1. The van der Waals surface area contributed by atoms with Crippen LogP contribution in [0.15, 0.2) is 127 Å². The lowest BCUT2D eigenvalue weighted by atomic mass is 10.0. The molecule has 11 nitrogen and oxygen atoms in total. The summed E-state index contributed by atoms with van der Waals surface area (Å²) in [4.78, 5) is 63.8. The monoisotopic (exact) mass is 656 g/mol. The van der Waals surface area contributed by atoms with Gasteiger partial charge in [-0.05, 0) is 47.0 Å². The molecule has 0 spiro atoms. The molecule has 0 aliphatic carbocycles. The molecule has 5 rings (SSSR count). The van der Waals surface area contributed by atoms with Crippen molar-refractivity contribution in [3.63, 3.8) is 0 Å². The average molecular weight is 657 g/mol. The van der Waals surface area contributed by atoms with Gasteiger partial charge in [-0.2, -0.15) is 0 Å². The van der Waals surface area contributed by atoms with Crippen molar-refractivity contribution in [1.82, 2.24) is 10.6 Å². The molecule has 3 N–H and O–H groups in total. The van der Waals surface area contributed by atoms with Crippen LogP contribution in [0.1, 0.15) is 43.0 Å². The lowest BCUT2D eigenvalue weighted by Crippen LogP contribution is -2.29. The van der Waals surface area contributed by atoms with Gasteiger partial charge in [0.25, 0.3) is 23.4 Å². The van der Waals surface area contributed by atoms with Crippen LogP contribution in [0.3, 0.4) is 0 Å². The van der Waals surface area contributed by atoms with E-state index in [-0.39, 0.29) is 53.5 Å². The molecule has 0 aromatic heterocycles. The Morgan fingerprint density at radius 2 is 1.22 bits per heavy atom. The number of nitrogens with zero attached hydrogens (tertiary/aromatic N) is 1. The van der Waals surface area contributed by atoms with Gasteiger partial charge in [-0.3, -0.25) is 29.3 Å². The van der Waals surface area contributed by atoms with Crippen molar-refractivity contribution >= 4 is 34.9 Å². The van der Waals surface area contributed by atoms with Crippen LogP contribution in [-0.4, -0.2) is 28.4 Å². The average Bonchev–Trinajstić information content (AvgIpc) is 3.13. The molecule has 3 amide bonds. The van der Waals surface area contributed by atoms with Crippen molar-refractivity contribution in [2.75, 3.05) is 5.32 Å². The maximum atomic E-state index is 13.3. The molecule has 0 aliphatic rings. The number of anilines is 1. The Labute approximate surface area is 282 Å². The van der Waals surface area contributed by atoms with Crippen molar-refractivity contribution < 1.29 is 28.8 Å². The van der Waals surface area contributed by atoms with Gasteiger partial charge < -0.3 is 20.7 Å². The normalized spacial score (nSPS) is 10.4. The fraction of sp³-hybridized carbons (Fsp3) is 0.105. The number of amides is 3. The molecule has 0 heterocycles. The van der Waals surface area contributed by atoms with Gasteiger partial charge in [0.2, 0.25) is 5.78 Å². The minimum atomic E-state index is -1.12. The molecule has 0 atom stereocenters. The zero-order chi connectivity index (χ0) is 34.6. The largest absolute Gasteiger partial charge is 0.489 e. The van der Waals surface area contributed by atoms with Gasteiger partial charge >= 0.3 is 0 Å². The van der Waals surface area contributed by atoms with Crippen LogP contribution >= 0.6 is 0 Å². The minimum absolute atomic E-state index is 0.0129. The lowest BCUT2D eigenvalue weighted by Gasteiger charge is -2.14. The molecule has 0 fully saturated rings. The van der Waals surface area contributed by atoms with Crippen LogP contribution in [0.2, 0.25) is 0 Å². The van der Waals surface area contributed by atoms with Gasteiger partial charge in [0.05, 0.1) is 16.2 Å². The Kier molecular flexibility index (Phi) is 11.2. The van der Waals surface area contributed by atoms with Gasteiger partial charge in [-0.15, -0.1) is 0 Å². The highest BCUT2D eigenvalue weighted by Crippen LogP contribution is 2.26. The molecule has 0 saturated heterocycles. The van der Waals surface area contributed by atoms with Crippen molar-refractivity contribution in [1.29, 1.82) is 0 Å². The Morgan fingerprint density at radius 1 is 0.653 bits per heavy atom. The predicted molar refractivity (Wildman–Crippen MR) is 183 cm³/mol. The van der Waals surface area contributed by atoms with E-state index in [1.165, 1.54) is 36.4 Å². The molecule has 49 heavy (non-hydrogen) atoms. The molecule has 0 aliphatic heterocycles. The summed E-state index contributed by atoms with van der Waals surface area (Å²) >= 11 is 0. The second kappa shape index (κ2) is 16.3. The van der Waals surface area contributed by atoms with Crippen LogP contribution in [0.5, 0.6) is 5.75 Å². The van der Waals surface area contributed by atoms with Crippen LogP contribution in [0.25, 0.3) is 0 Å². The molecule has 0 bridgehead atoms. The molecule has 11 heteroatoms. The number of nitro groups is 1. The summed E-state index contributed by atoms with van der Waals surface area (Å²) in [6.07, 6.45) is -0.614. The van der Waals surface area contributed by atoms with Gasteiger partial charge in [0, 0.05) is 36.7 Å². The van der Waals surface area contributed by atoms with E-state index in [0.717, 1.165) is 16.7 Å². The Balaban J connectivity index is 1.34. The summed E-state index contributed by atoms with van der Waals surface area (Å²) in [5, 5.41) is 19.8. The Morgan fingerprint density at radius 3 is 1.82 bits per heavy atom. The number of carbonyl (C=O) groups excluding carboxylic acids is 4. The maximum Gasteiger partial charge on any atom is 0.292 e. The molecule has 5 aromatic rings. The van der Waals surface area contributed by atoms with Crippen LogP contribution in [-0.2, 0) is 35.7 Å². The number of hydrogen-bond donors (Lipinski definition) is 3. The Hall–Kier alpha value is -6.62. The van der Waals surface area contributed by atoms with Gasteiger partial charge in [-0.25, -0.2) is 0 Å². The Bertz CT molecular complexity index is 1970. The smallest absolute Gasteiger partial charge is 0.292 e. The zero-order valence-electron chi connectivity index (χ0n) is 26.3. The number of nitro benzene ring substituents is 1. The van der Waals surface area contributed by atoms with E-state index in [2.05, 4.69) is 16.0 Å². The quantitative estimate of drug-likeness (QED) is 0.0777. The molecular weight excluding hydrogens is 624 g/mol. The van der Waals surface area contributed by atoms with Crippen molar-refractivity contribution in [2.45, 2.75) is 26.1 Å². The summed E-state index contributed by atoms with van der Waals surface area (Å²) < 4.78 is 5.77. The topological polar surface area (TPSA) is 157 Å². The standard InChI is InChI=1S/C38H32N4O7/c43-35(22-30-20-31(17-19-34(30)42(47)48)49-25-28-14-8-3-9-15-28)38(46)41-33-21-29(36(44)39-23-26-10-4-1-5-11-26)16-18-32(33)37(45)40-24-27-12-6-2-7-13-27/h1-21H,22-25H2,(H,39,44)(H,40,45)(H,41,46). The third-order valence-electron chi connectivity index (χ3n) is 7.47. The summed E-state index contributed by atoms with van der Waals surface area (Å²) in [6.45, 7) is 0.626. The van der Waals surface area contributed by atoms with Crippen molar-refractivity contribution in [2.24, 2.45) is 0 Å². The summed E-state index contributed by atoms with van der Waals surface area (Å²) in [5.41, 5.74) is 2.27. The first-order valence-corrected chi connectivity index (χ1v) is 15.3.